The van der Waals surface area contributed by atoms with Gasteiger partial charge in [0.05, 0.1) is 18.2 Å². The van der Waals surface area contributed by atoms with Gasteiger partial charge in [0.1, 0.15) is 6.61 Å². The van der Waals surface area contributed by atoms with Gasteiger partial charge in [-0.05, 0) is 34.4 Å². The highest BCUT2D eigenvalue weighted by molar-refractivity contribution is 5.94. The van der Waals surface area contributed by atoms with Crippen molar-refractivity contribution in [1.29, 1.82) is 0 Å². The Morgan fingerprint density at radius 2 is 1.69 bits per heavy atom. The fourth-order valence-corrected chi connectivity index (χ4v) is 4.31. The number of aliphatic carboxylic acids is 1. The van der Waals surface area contributed by atoms with Crippen molar-refractivity contribution in [3.63, 3.8) is 0 Å². The number of pyridine rings is 1. The molecule has 2 amide bonds. The zero-order valence-corrected chi connectivity index (χ0v) is 19.6. The zero-order chi connectivity index (χ0) is 24.9. The van der Waals surface area contributed by atoms with Crippen LogP contribution in [0.5, 0.6) is 0 Å². The van der Waals surface area contributed by atoms with Gasteiger partial charge in [0.15, 0.2) is 0 Å². The van der Waals surface area contributed by atoms with E-state index in [4.69, 9.17) is 9.84 Å². The van der Waals surface area contributed by atoms with Crippen molar-refractivity contribution in [3.8, 4) is 11.1 Å². The highest BCUT2D eigenvalue weighted by Crippen LogP contribution is 2.44. The van der Waals surface area contributed by atoms with E-state index in [-0.39, 0.29) is 31.5 Å². The number of alkyl carbamates (subject to hydrolysis) is 1. The number of hydrogen-bond acceptors (Lipinski definition) is 5. The van der Waals surface area contributed by atoms with Crippen LogP contribution in [0.2, 0.25) is 0 Å². The molecule has 2 aromatic carbocycles. The Labute approximate surface area is 203 Å². The Balaban J connectivity index is 1.34. The van der Waals surface area contributed by atoms with Gasteiger partial charge >= 0.3 is 12.1 Å². The van der Waals surface area contributed by atoms with Gasteiger partial charge in [-0.1, -0.05) is 55.5 Å². The minimum atomic E-state index is -0.965. The molecular formula is C27H27N3O5. The average Bonchev–Trinajstić information content (AvgIpc) is 3.19. The molecule has 8 nitrogen and oxygen atoms in total. The predicted molar refractivity (Wildman–Crippen MR) is 130 cm³/mol. The largest absolute Gasteiger partial charge is 0.481 e. The lowest BCUT2D eigenvalue weighted by Gasteiger charge is -2.19. The molecule has 0 saturated heterocycles. The number of carbonyl (C=O) groups is 3. The molecule has 8 heteroatoms. The number of rotatable bonds is 8. The van der Waals surface area contributed by atoms with Crippen LogP contribution in [-0.4, -0.2) is 53.2 Å². The van der Waals surface area contributed by atoms with E-state index in [1.165, 1.54) is 11.1 Å². The average molecular weight is 474 g/mol. The number of nitrogens with one attached hydrogen (secondary N) is 1. The van der Waals surface area contributed by atoms with Crippen molar-refractivity contribution in [2.75, 3.05) is 20.2 Å². The van der Waals surface area contributed by atoms with Crippen LogP contribution in [0.15, 0.2) is 66.9 Å². The van der Waals surface area contributed by atoms with Crippen molar-refractivity contribution in [2.24, 2.45) is 5.92 Å². The maximum Gasteiger partial charge on any atom is 0.407 e. The minimum absolute atomic E-state index is 0.0315. The highest BCUT2D eigenvalue weighted by atomic mass is 16.5. The lowest BCUT2D eigenvalue weighted by atomic mass is 9.98. The fourth-order valence-electron chi connectivity index (χ4n) is 4.31. The summed E-state index contributed by atoms with van der Waals surface area (Å²) in [6.45, 7) is 1.93. The van der Waals surface area contributed by atoms with E-state index in [1.54, 1.807) is 26.1 Å². The Bertz CT molecular complexity index is 1210. The van der Waals surface area contributed by atoms with Crippen molar-refractivity contribution < 1.29 is 24.2 Å². The molecule has 180 valence electrons. The Morgan fingerprint density at radius 3 is 2.31 bits per heavy atom. The number of amides is 2. The summed E-state index contributed by atoms with van der Waals surface area (Å²) in [5.74, 6) is -1.99. The van der Waals surface area contributed by atoms with E-state index >= 15 is 0 Å². The molecule has 0 aliphatic heterocycles. The van der Waals surface area contributed by atoms with Gasteiger partial charge in [-0.2, -0.15) is 0 Å². The number of fused-ring (bicyclic) bond motifs is 3. The number of ether oxygens (including phenoxy) is 1. The molecule has 0 saturated carbocycles. The molecule has 0 bridgehead atoms. The zero-order valence-electron chi connectivity index (χ0n) is 19.6. The summed E-state index contributed by atoms with van der Waals surface area (Å²) in [4.78, 5) is 41.7. The molecule has 1 aromatic heterocycles. The van der Waals surface area contributed by atoms with Gasteiger partial charge < -0.3 is 20.1 Å². The first-order valence-electron chi connectivity index (χ1n) is 11.4. The number of hydrogen-bond donors (Lipinski definition) is 2. The van der Waals surface area contributed by atoms with E-state index in [1.807, 2.05) is 24.3 Å². The number of benzene rings is 2. The van der Waals surface area contributed by atoms with Crippen LogP contribution in [0, 0.1) is 5.92 Å². The van der Waals surface area contributed by atoms with Crippen LogP contribution in [0.4, 0.5) is 4.79 Å². The molecular weight excluding hydrogens is 446 g/mol. The quantitative estimate of drug-likeness (QED) is 0.513. The minimum Gasteiger partial charge on any atom is -0.481 e. The number of carbonyl (C=O) groups excluding carboxylic acids is 2. The van der Waals surface area contributed by atoms with Gasteiger partial charge in [0.2, 0.25) is 0 Å². The normalized spacial score (nSPS) is 12.9. The van der Waals surface area contributed by atoms with Gasteiger partial charge in [-0.25, -0.2) is 4.79 Å². The number of carboxylic acids is 1. The summed E-state index contributed by atoms with van der Waals surface area (Å²) < 4.78 is 5.53. The first-order chi connectivity index (χ1) is 16.8. The first-order valence-corrected chi connectivity index (χ1v) is 11.4. The summed E-state index contributed by atoms with van der Waals surface area (Å²) in [6.07, 6.45) is 0.911. The molecule has 1 heterocycles. The molecule has 0 fully saturated rings. The summed E-state index contributed by atoms with van der Waals surface area (Å²) in [5.41, 5.74) is 5.44. The summed E-state index contributed by atoms with van der Waals surface area (Å²) in [5, 5.41) is 11.7. The predicted octanol–water partition coefficient (Wildman–Crippen LogP) is 3.91. The summed E-state index contributed by atoms with van der Waals surface area (Å²) >= 11 is 0. The molecule has 0 spiro atoms. The Kier molecular flexibility index (Phi) is 7.10. The van der Waals surface area contributed by atoms with Crippen LogP contribution in [-0.2, 0) is 16.1 Å². The third-order valence-electron chi connectivity index (χ3n) is 6.14. The summed E-state index contributed by atoms with van der Waals surface area (Å²) in [6, 6.07) is 19.4. The second-order valence-corrected chi connectivity index (χ2v) is 8.64. The van der Waals surface area contributed by atoms with Crippen molar-refractivity contribution in [1.82, 2.24) is 15.2 Å². The molecule has 3 aromatic rings. The van der Waals surface area contributed by atoms with E-state index in [2.05, 4.69) is 34.6 Å². The van der Waals surface area contributed by atoms with Crippen LogP contribution < -0.4 is 5.32 Å². The smallest absolute Gasteiger partial charge is 0.407 e. The molecule has 1 aliphatic rings. The van der Waals surface area contributed by atoms with Crippen molar-refractivity contribution in [2.45, 2.75) is 19.4 Å². The molecule has 0 radical (unpaired) electrons. The topological polar surface area (TPSA) is 109 Å². The van der Waals surface area contributed by atoms with E-state index < -0.39 is 18.0 Å². The summed E-state index contributed by atoms with van der Waals surface area (Å²) in [7, 11) is 1.55. The van der Waals surface area contributed by atoms with Gasteiger partial charge in [-0.15, -0.1) is 0 Å². The van der Waals surface area contributed by atoms with Gasteiger partial charge in [-0.3, -0.25) is 14.6 Å². The maximum atomic E-state index is 12.6. The van der Waals surface area contributed by atoms with E-state index in [0.29, 0.717) is 11.3 Å². The second kappa shape index (κ2) is 10.4. The number of aromatic nitrogens is 1. The van der Waals surface area contributed by atoms with Crippen molar-refractivity contribution in [3.05, 3.63) is 89.2 Å². The molecule has 1 atom stereocenters. The van der Waals surface area contributed by atoms with Gasteiger partial charge in [0.25, 0.3) is 5.91 Å². The first kappa shape index (κ1) is 23.9. The fraction of sp³-hybridized carbons (Fsp3) is 0.259. The molecule has 2 N–H and O–H groups in total. The number of nitrogens with zero attached hydrogens (tertiary/aromatic N) is 2. The molecule has 1 aliphatic carbocycles. The van der Waals surface area contributed by atoms with Crippen molar-refractivity contribution >= 4 is 18.0 Å². The van der Waals surface area contributed by atoms with Crippen LogP contribution in [0.25, 0.3) is 11.1 Å². The van der Waals surface area contributed by atoms with Gasteiger partial charge in [0, 0.05) is 31.3 Å². The van der Waals surface area contributed by atoms with E-state index in [9.17, 15) is 14.4 Å². The monoisotopic (exact) mass is 473 g/mol. The van der Waals surface area contributed by atoms with Crippen LogP contribution in [0.3, 0.4) is 0 Å². The SMILES string of the molecule is CC(CN(C)C(=O)c1ccnc(CNC(=O)OCC2c3ccccc3-c3ccccc32)c1)C(=O)O. The lowest BCUT2D eigenvalue weighted by Crippen LogP contribution is -2.33. The third kappa shape index (κ3) is 5.32. The molecule has 35 heavy (non-hydrogen) atoms. The van der Waals surface area contributed by atoms with Crippen LogP contribution in [0.1, 0.15) is 40.0 Å². The molecule has 1 unspecified atom stereocenters. The highest BCUT2D eigenvalue weighted by Gasteiger charge is 2.29. The standard InChI is InChI=1S/C27H27N3O5/c1-17(26(32)33)15-30(2)25(31)18-11-12-28-19(13-18)14-29-27(34)35-16-24-22-9-5-3-7-20(22)21-8-4-6-10-23(21)24/h3-13,17,24H,14-16H2,1-2H3,(H,29,34)(H,32,33). The van der Waals surface area contributed by atoms with Crippen LogP contribution >= 0.6 is 0 Å². The molecule has 4 rings (SSSR count). The number of carboxylic acid groups (broad SMARTS) is 1. The Hall–Kier alpha value is -4.20. The Morgan fingerprint density at radius 1 is 1.06 bits per heavy atom. The second-order valence-electron chi connectivity index (χ2n) is 8.64. The lowest BCUT2D eigenvalue weighted by molar-refractivity contribution is -0.141. The third-order valence-corrected chi connectivity index (χ3v) is 6.14. The van der Waals surface area contributed by atoms with E-state index in [0.717, 1.165) is 22.3 Å². The maximum absolute atomic E-state index is 12.6.